The van der Waals surface area contributed by atoms with E-state index >= 15 is 0 Å². The van der Waals surface area contributed by atoms with Crippen molar-refractivity contribution in [2.24, 2.45) is 45.8 Å². The maximum Gasteiger partial charge on any atom is 0.208 e. The van der Waals surface area contributed by atoms with Crippen molar-refractivity contribution in [3.8, 4) is 0 Å². The molecule has 0 radical (unpaired) electrons. The Morgan fingerprint density at radius 2 is 1.76 bits per heavy atom. The van der Waals surface area contributed by atoms with Gasteiger partial charge in [0.2, 0.25) is 10.0 Å². The van der Waals surface area contributed by atoms with Gasteiger partial charge >= 0.3 is 0 Å². The van der Waals surface area contributed by atoms with Crippen molar-refractivity contribution in [1.82, 2.24) is 4.72 Å². The maximum absolute atomic E-state index is 13.1. The van der Waals surface area contributed by atoms with Crippen LogP contribution in [-0.2, 0) is 10.0 Å². The summed E-state index contributed by atoms with van der Waals surface area (Å²) in [5, 5.41) is 24.3. The fraction of sp³-hybridized carbons (Fsp3) is 0.935. The van der Waals surface area contributed by atoms with Crippen LogP contribution in [0.4, 0.5) is 0 Å². The molecule has 5 aliphatic rings. The van der Waals surface area contributed by atoms with Crippen LogP contribution in [0.15, 0.2) is 11.1 Å². The molecule has 0 spiro atoms. The van der Waals surface area contributed by atoms with Crippen LogP contribution >= 0.6 is 0 Å². The highest BCUT2D eigenvalue weighted by atomic mass is 32.2. The van der Waals surface area contributed by atoms with Gasteiger partial charge in [-0.15, -0.1) is 0 Å². The summed E-state index contributed by atoms with van der Waals surface area (Å²) in [4.78, 5) is 0. The molecule has 4 fully saturated rings. The van der Waals surface area contributed by atoms with Crippen LogP contribution in [0.2, 0.25) is 0 Å². The normalized spacial score (nSPS) is 50.6. The van der Waals surface area contributed by atoms with Gasteiger partial charge in [-0.05, 0) is 105 Å². The highest BCUT2D eigenvalue weighted by Gasteiger charge is 2.62. The molecule has 0 amide bonds. The molecule has 0 aromatic heterocycles. The van der Waals surface area contributed by atoms with Gasteiger partial charge in [0, 0.05) is 17.9 Å². The molecule has 7 heteroatoms. The second kappa shape index (κ2) is 9.82. The number of piperidine rings is 1. The lowest BCUT2D eigenvalue weighted by Gasteiger charge is -2.58. The van der Waals surface area contributed by atoms with Gasteiger partial charge in [0.05, 0.1) is 12.8 Å². The predicted molar refractivity (Wildman–Crippen MR) is 153 cm³/mol. The van der Waals surface area contributed by atoms with E-state index in [2.05, 4.69) is 46.3 Å². The van der Waals surface area contributed by atoms with Crippen molar-refractivity contribution in [1.29, 1.82) is 0 Å². The lowest BCUT2D eigenvalue weighted by atomic mass is 9.47. The van der Waals surface area contributed by atoms with Crippen molar-refractivity contribution >= 4 is 10.0 Å². The van der Waals surface area contributed by atoms with Crippen LogP contribution in [0.3, 0.4) is 0 Å². The minimum Gasteiger partial charge on any atom is -0.634 e. The van der Waals surface area contributed by atoms with Gasteiger partial charge in [-0.1, -0.05) is 45.8 Å². The van der Waals surface area contributed by atoms with Crippen molar-refractivity contribution in [2.75, 3.05) is 12.8 Å². The van der Waals surface area contributed by atoms with E-state index in [9.17, 15) is 18.7 Å². The highest BCUT2D eigenvalue weighted by Crippen LogP contribution is 2.70. The molecule has 1 aliphatic heterocycles. The summed E-state index contributed by atoms with van der Waals surface area (Å²) in [6, 6.07) is -0.136. The smallest absolute Gasteiger partial charge is 0.208 e. The second-order valence-electron chi connectivity index (χ2n) is 15.5. The molecule has 4 aliphatic carbocycles. The molecular formula is C31H54N2O4S. The molecule has 1 heterocycles. The fourth-order valence-corrected chi connectivity index (χ4v) is 11.6. The third kappa shape index (κ3) is 4.84. The van der Waals surface area contributed by atoms with Gasteiger partial charge in [-0.2, -0.15) is 0 Å². The van der Waals surface area contributed by atoms with Gasteiger partial charge in [-0.3, -0.25) is 0 Å². The molecule has 5 rings (SSSR count). The molecule has 0 aromatic carbocycles. The lowest BCUT2D eigenvalue weighted by molar-refractivity contribution is -0.895. The summed E-state index contributed by atoms with van der Waals surface area (Å²) in [6.07, 6.45) is 11.5. The first kappa shape index (κ1) is 29.0. The van der Waals surface area contributed by atoms with E-state index in [0.29, 0.717) is 29.7 Å². The van der Waals surface area contributed by atoms with Crippen molar-refractivity contribution in [3.63, 3.8) is 0 Å². The van der Waals surface area contributed by atoms with E-state index in [1.165, 1.54) is 31.9 Å². The van der Waals surface area contributed by atoms with Crippen LogP contribution in [0.25, 0.3) is 0 Å². The second-order valence-corrected chi connectivity index (χ2v) is 17.3. The number of hydroxylamine groups is 2. The van der Waals surface area contributed by atoms with Crippen molar-refractivity contribution in [3.05, 3.63) is 16.4 Å². The summed E-state index contributed by atoms with van der Waals surface area (Å²) in [7, 11) is -3.17. The van der Waals surface area contributed by atoms with Gasteiger partial charge in [-0.25, -0.2) is 13.1 Å². The lowest BCUT2D eigenvalue weighted by Crippen LogP contribution is -3.15. The van der Waals surface area contributed by atoms with Crippen molar-refractivity contribution in [2.45, 2.75) is 124 Å². The molecule has 1 saturated heterocycles. The predicted octanol–water partition coefficient (Wildman–Crippen LogP) is 4.44. The van der Waals surface area contributed by atoms with E-state index in [1.54, 1.807) is 11.1 Å². The van der Waals surface area contributed by atoms with Crippen LogP contribution in [0, 0.1) is 51.0 Å². The number of aliphatic hydroxyl groups excluding tert-OH is 1. The van der Waals surface area contributed by atoms with Gasteiger partial charge in [0.1, 0.15) is 12.1 Å². The summed E-state index contributed by atoms with van der Waals surface area (Å²) < 4.78 is 26.7. The van der Waals surface area contributed by atoms with E-state index in [4.69, 9.17) is 0 Å². The Balaban J connectivity index is 1.38. The number of sulfonamides is 1. The number of nitrogens with one attached hydrogen (secondary N) is 2. The summed E-state index contributed by atoms with van der Waals surface area (Å²) >= 11 is 0. The fourth-order valence-electron chi connectivity index (χ4n) is 10.8. The Labute approximate surface area is 232 Å². The van der Waals surface area contributed by atoms with Gasteiger partial charge in [0.15, 0.2) is 0 Å². The molecule has 38 heavy (non-hydrogen) atoms. The van der Waals surface area contributed by atoms with Crippen LogP contribution in [0.5, 0.6) is 0 Å². The molecular weight excluding hydrogens is 496 g/mol. The van der Waals surface area contributed by atoms with E-state index in [-0.39, 0.29) is 39.8 Å². The topological polar surface area (TPSA) is 93.9 Å². The first-order valence-corrected chi connectivity index (χ1v) is 17.3. The molecule has 12 atom stereocenters. The van der Waals surface area contributed by atoms with Gasteiger partial charge < -0.3 is 15.4 Å². The van der Waals surface area contributed by atoms with Crippen LogP contribution in [-0.4, -0.2) is 44.5 Å². The van der Waals surface area contributed by atoms with Crippen LogP contribution < -0.4 is 9.79 Å². The van der Waals surface area contributed by atoms with Crippen molar-refractivity contribution < 1.29 is 18.6 Å². The first-order valence-electron chi connectivity index (χ1n) is 15.4. The monoisotopic (exact) mass is 550 g/mol. The maximum atomic E-state index is 13.1. The zero-order valence-electron chi connectivity index (χ0n) is 25.0. The summed E-state index contributed by atoms with van der Waals surface area (Å²) in [5.41, 5.74) is 3.86. The number of quaternary nitrogens is 1. The first-order chi connectivity index (χ1) is 17.6. The Bertz CT molecular complexity index is 1050. The molecule has 6 nitrogen and oxygen atoms in total. The number of hydrogen-bond acceptors (Lipinski definition) is 4. The Kier molecular flexibility index (Phi) is 7.50. The zero-order chi connectivity index (χ0) is 27.8. The van der Waals surface area contributed by atoms with Crippen LogP contribution in [0.1, 0.15) is 106 Å². The van der Waals surface area contributed by atoms with E-state index in [1.807, 2.05) is 0 Å². The number of allylic oxidation sites excluding steroid dienone is 2. The summed E-state index contributed by atoms with van der Waals surface area (Å²) in [5.74, 6) is 2.33. The molecule has 1 unspecified atom stereocenters. The molecule has 0 bridgehead atoms. The highest BCUT2D eigenvalue weighted by molar-refractivity contribution is 7.88. The average molecular weight is 551 g/mol. The number of rotatable bonds is 4. The zero-order valence-corrected chi connectivity index (χ0v) is 25.8. The quantitative estimate of drug-likeness (QED) is 0.356. The molecule has 218 valence electrons. The standard InChI is InChI=1S/C31H54N2O4S/c1-19-14-26(34)28(33(35)18-19)21(3)29(4)11-10-25-24(20(2)17-29)16-27-30(5)13-9-23(32-38(7,36)37)15-22(30)8-12-31(25,27)6/h19,21-23,25-28,32-34H,8-18H2,1-7H3/t19-,21+,22+,23+,25+,26+,27+,28-,29+,30-,31-/m0/s1. The minimum atomic E-state index is -3.17. The molecule has 3 saturated carbocycles. The third-order valence-electron chi connectivity index (χ3n) is 13.0. The Hall–Kier alpha value is -0.470. The summed E-state index contributed by atoms with van der Waals surface area (Å²) in [6.45, 7) is 14.8. The number of hydrogen-bond donors (Lipinski definition) is 3. The number of fused-ring (bicyclic) bond motifs is 5. The third-order valence-corrected chi connectivity index (χ3v) is 13.8. The number of aliphatic hydroxyl groups is 1. The van der Waals surface area contributed by atoms with E-state index in [0.717, 1.165) is 38.5 Å². The average Bonchev–Trinajstić information content (AvgIpc) is 3.02. The van der Waals surface area contributed by atoms with Gasteiger partial charge in [0.25, 0.3) is 0 Å². The Morgan fingerprint density at radius 1 is 1.08 bits per heavy atom. The Morgan fingerprint density at radius 3 is 2.42 bits per heavy atom. The minimum absolute atomic E-state index is 0.0334. The van der Waals surface area contributed by atoms with E-state index < -0.39 is 16.1 Å². The SMILES string of the molecule is CC1=C2C[C@@H]3[C@@]4(C)CC[C@@H](NS(C)(=O)=O)C[C@H]4CC[C@@]3(C)[C@@H]2CC[C@@](C)([C@H](C)[C@H]2[C@H](O)C[C@H](C)C[NH+]2[O-])C1. The largest absolute Gasteiger partial charge is 0.634 e. The molecule has 3 N–H and O–H groups in total. The molecule has 0 aromatic rings.